The van der Waals surface area contributed by atoms with E-state index in [0.29, 0.717) is 17.9 Å². The minimum atomic E-state index is -0.205. The molecule has 1 heterocycles. The van der Waals surface area contributed by atoms with E-state index in [-0.39, 0.29) is 11.9 Å². The van der Waals surface area contributed by atoms with Crippen molar-refractivity contribution >= 4 is 0 Å². The van der Waals surface area contributed by atoms with Crippen LogP contribution in [0.4, 0.5) is 4.39 Å². The van der Waals surface area contributed by atoms with E-state index >= 15 is 0 Å². The first-order chi connectivity index (χ1) is 9.24. The van der Waals surface area contributed by atoms with Crippen molar-refractivity contribution in [3.63, 3.8) is 0 Å². The van der Waals surface area contributed by atoms with Gasteiger partial charge < -0.3 is 10.1 Å². The molecule has 19 heavy (non-hydrogen) atoms. The molecule has 1 aromatic carbocycles. The number of methoxy groups -OCH3 is 1. The lowest BCUT2D eigenvalue weighted by atomic mass is 10.0. The molecule has 100 valence electrons. The van der Waals surface area contributed by atoms with Crippen LogP contribution >= 0.6 is 0 Å². The summed E-state index contributed by atoms with van der Waals surface area (Å²) in [5.41, 5.74) is 1.43. The number of rotatable bonds is 5. The minimum absolute atomic E-state index is 0.0891. The topological polar surface area (TPSA) is 47.0 Å². The second-order valence-electron chi connectivity index (χ2n) is 4.12. The predicted molar refractivity (Wildman–Crippen MR) is 70.5 cm³/mol. The van der Waals surface area contributed by atoms with Crippen molar-refractivity contribution in [2.24, 2.45) is 0 Å². The molecule has 0 aliphatic carbocycles. The fourth-order valence-corrected chi connectivity index (χ4v) is 1.89. The van der Waals surface area contributed by atoms with Crippen molar-refractivity contribution < 1.29 is 9.13 Å². The molecule has 0 aliphatic heterocycles. The number of hydrogen-bond donors (Lipinski definition) is 1. The Bertz CT molecular complexity index is 548. The number of benzene rings is 1. The zero-order chi connectivity index (χ0) is 13.7. The molecule has 0 spiro atoms. The van der Waals surface area contributed by atoms with Crippen LogP contribution in [-0.4, -0.2) is 24.1 Å². The fraction of sp³-hybridized carbons (Fsp3) is 0.286. The zero-order valence-electron chi connectivity index (χ0n) is 10.9. The van der Waals surface area contributed by atoms with Gasteiger partial charge in [-0.1, -0.05) is 18.2 Å². The summed E-state index contributed by atoms with van der Waals surface area (Å²) in [5, 5.41) is 3.13. The van der Waals surface area contributed by atoms with Gasteiger partial charge in [-0.25, -0.2) is 14.4 Å². The van der Waals surface area contributed by atoms with Gasteiger partial charge in [0.1, 0.15) is 12.1 Å². The highest BCUT2D eigenvalue weighted by Gasteiger charge is 2.14. The molecule has 0 fully saturated rings. The quantitative estimate of drug-likeness (QED) is 0.895. The third-order valence-corrected chi connectivity index (χ3v) is 2.96. The van der Waals surface area contributed by atoms with Crippen LogP contribution in [0.2, 0.25) is 0 Å². The van der Waals surface area contributed by atoms with Crippen LogP contribution in [0.1, 0.15) is 17.3 Å². The van der Waals surface area contributed by atoms with E-state index in [1.165, 1.54) is 12.4 Å². The maximum Gasteiger partial charge on any atom is 0.216 e. The highest BCUT2D eigenvalue weighted by Crippen LogP contribution is 2.20. The molecule has 0 saturated carbocycles. The van der Waals surface area contributed by atoms with Crippen LogP contribution in [0.3, 0.4) is 0 Å². The van der Waals surface area contributed by atoms with Crippen LogP contribution < -0.4 is 10.1 Å². The van der Waals surface area contributed by atoms with Crippen molar-refractivity contribution in [3.05, 3.63) is 53.7 Å². The first-order valence-corrected chi connectivity index (χ1v) is 6.01. The summed E-state index contributed by atoms with van der Waals surface area (Å²) in [6.45, 7) is 0. The number of nitrogens with one attached hydrogen (secondary N) is 1. The number of ether oxygens (including phenoxy) is 1. The second-order valence-corrected chi connectivity index (χ2v) is 4.12. The Morgan fingerprint density at radius 3 is 2.79 bits per heavy atom. The summed E-state index contributed by atoms with van der Waals surface area (Å²) >= 11 is 0. The summed E-state index contributed by atoms with van der Waals surface area (Å²) in [7, 11) is 3.37. The third kappa shape index (κ3) is 3.26. The molecule has 5 heteroatoms. The van der Waals surface area contributed by atoms with Gasteiger partial charge >= 0.3 is 0 Å². The van der Waals surface area contributed by atoms with Crippen molar-refractivity contribution in [2.45, 2.75) is 12.5 Å². The Morgan fingerprint density at radius 1 is 1.32 bits per heavy atom. The molecule has 1 aromatic heterocycles. The number of hydrogen-bond acceptors (Lipinski definition) is 4. The van der Waals surface area contributed by atoms with Gasteiger partial charge in [-0.05, 0) is 25.1 Å². The molecule has 1 unspecified atom stereocenters. The van der Waals surface area contributed by atoms with Gasteiger partial charge in [-0.3, -0.25) is 0 Å². The molecule has 2 rings (SSSR count). The summed E-state index contributed by atoms with van der Waals surface area (Å²) in [6.07, 6.45) is 1.96. The Labute approximate surface area is 111 Å². The summed E-state index contributed by atoms with van der Waals surface area (Å²) in [6, 6.07) is 8.41. The lowest BCUT2D eigenvalue weighted by molar-refractivity contribution is 0.394. The Kier molecular flexibility index (Phi) is 4.41. The number of likely N-dealkylation sites (N-methyl/N-ethyl adjacent to an activating group) is 1. The standard InChI is InChI=1S/C14H16FN3O/c1-16-12(7-10-5-3-4-6-11(10)15)13-8-14(19-2)18-9-17-13/h3-6,8-9,12,16H,7H2,1-2H3. The fourth-order valence-electron chi connectivity index (χ4n) is 1.89. The van der Waals surface area contributed by atoms with E-state index in [1.807, 2.05) is 13.1 Å². The lowest BCUT2D eigenvalue weighted by Gasteiger charge is -2.16. The Balaban J connectivity index is 2.22. The van der Waals surface area contributed by atoms with E-state index in [2.05, 4.69) is 15.3 Å². The van der Waals surface area contributed by atoms with Crippen molar-refractivity contribution in [1.29, 1.82) is 0 Å². The number of aromatic nitrogens is 2. The van der Waals surface area contributed by atoms with Gasteiger partial charge in [0.2, 0.25) is 5.88 Å². The highest BCUT2D eigenvalue weighted by atomic mass is 19.1. The normalized spacial score (nSPS) is 12.2. The average molecular weight is 261 g/mol. The van der Waals surface area contributed by atoms with Crippen molar-refractivity contribution in [1.82, 2.24) is 15.3 Å². The summed E-state index contributed by atoms with van der Waals surface area (Å²) < 4.78 is 18.7. The van der Waals surface area contributed by atoms with Crippen LogP contribution in [0.25, 0.3) is 0 Å². The molecular weight excluding hydrogens is 245 g/mol. The molecule has 4 nitrogen and oxygen atoms in total. The van der Waals surface area contributed by atoms with E-state index in [9.17, 15) is 4.39 Å². The first kappa shape index (κ1) is 13.4. The van der Waals surface area contributed by atoms with E-state index < -0.39 is 0 Å². The molecule has 0 amide bonds. The van der Waals surface area contributed by atoms with Crippen LogP contribution in [0, 0.1) is 5.82 Å². The third-order valence-electron chi connectivity index (χ3n) is 2.96. The predicted octanol–water partition coefficient (Wildman–Crippen LogP) is 2.13. The molecule has 1 N–H and O–H groups in total. The van der Waals surface area contributed by atoms with Crippen LogP contribution in [0.15, 0.2) is 36.7 Å². The van der Waals surface area contributed by atoms with Crippen molar-refractivity contribution in [3.8, 4) is 5.88 Å². The highest BCUT2D eigenvalue weighted by molar-refractivity contribution is 5.23. The largest absolute Gasteiger partial charge is 0.481 e. The van der Waals surface area contributed by atoms with Crippen LogP contribution in [-0.2, 0) is 6.42 Å². The van der Waals surface area contributed by atoms with E-state index in [4.69, 9.17) is 4.74 Å². The van der Waals surface area contributed by atoms with Gasteiger partial charge in [0.25, 0.3) is 0 Å². The van der Waals surface area contributed by atoms with Gasteiger partial charge in [-0.2, -0.15) is 0 Å². The smallest absolute Gasteiger partial charge is 0.216 e. The van der Waals surface area contributed by atoms with E-state index in [1.54, 1.807) is 25.3 Å². The second kappa shape index (κ2) is 6.24. The zero-order valence-corrected chi connectivity index (χ0v) is 10.9. The SMILES string of the molecule is CNC(Cc1ccccc1F)c1cc(OC)ncn1. The average Bonchev–Trinajstić information content (AvgIpc) is 2.46. The van der Waals surface area contributed by atoms with Crippen LogP contribution in [0.5, 0.6) is 5.88 Å². The maximum atomic E-state index is 13.7. The Hall–Kier alpha value is -2.01. The van der Waals surface area contributed by atoms with E-state index in [0.717, 1.165) is 5.69 Å². The lowest BCUT2D eigenvalue weighted by Crippen LogP contribution is -2.20. The van der Waals surface area contributed by atoms with Gasteiger partial charge in [0.15, 0.2) is 0 Å². The van der Waals surface area contributed by atoms with Gasteiger partial charge in [0, 0.05) is 6.07 Å². The summed E-state index contributed by atoms with van der Waals surface area (Å²) in [5.74, 6) is 0.294. The minimum Gasteiger partial charge on any atom is -0.481 e. The molecule has 2 aromatic rings. The first-order valence-electron chi connectivity index (χ1n) is 6.01. The van der Waals surface area contributed by atoms with Gasteiger partial charge in [-0.15, -0.1) is 0 Å². The number of nitrogens with zero attached hydrogens (tertiary/aromatic N) is 2. The maximum absolute atomic E-state index is 13.7. The molecule has 1 atom stereocenters. The van der Waals surface area contributed by atoms with Crippen molar-refractivity contribution in [2.75, 3.05) is 14.2 Å². The molecule has 0 saturated heterocycles. The Morgan fingerprint density at radius 2 is 2.11 bits per heavy atom. The van der Waals surface area contributed by atoms with Gasteiger partial charge in [0.05, 0.1) is 18.8 Å². The molecule has 0 radical (unpaired) electrons. The molecular formula is C14H16FN3O. The molecule has 0 aliphatic rings. The number of halogens is 1. The monoisotopic (exact) mass is 261 g/mol. The molecule has 0 bridgehead atoms. The summed E-state index contributed by atoms with van der Waals surface area (Å²) in [4.78, 5) is 8.17.